The third kappa shape index (κ3) is 3.70. The van der Waals surface area contributed by atoms with E-state index in [0.29, 0.717) is 6.42 Å². The molecule has 7 heteroatoms. The highest BCUT2D eigenvalue weighted by molar-refractivity contribution is 9.11. The molecule has 0 bridgehead atoms. The molecular weight excluding hydrogens is 376 g/mol. The van der Waals surface area contributed by atoms with Gasteiger partial charge < -0.3 is 16.0 Å². The van der Waals surface area contributed by atoms with Gasteiger partial charge in [-0.3, -0.25) is 9.79 Å². The van der Waals surface area contributed by atoms with Crippen LogP contribution in [0.2, 0.25) is 0 Å². The molecule has 19 heavy (non-hydrogen) atoms. The van der Waals surface area contributed by atoms with Gasteiger partial charge in [-0.25, -0.2) is 0 Å². The number of anilines is 2. The minimum Gasteiger partial charge on any atom is -0.354 e. The summed E-state index contributed by atoms with van der Waals surface area (Å²) in [6.45, 7) is 3.45. The molecular formula is C12H14Br2N4O. The molecule has 0 atom stereocenters. The van der Waals surface area contributed by atoms with Crippen LogP contribution in [0.5, 0.6) is 0 Å². The normalized spacial score (nSPS) is 13.7. The van der Waals surface area contributed by atoms with Crippen LogP contribution in [0.3, 0.4) is 0 Å². The van der Waals surface area contributed by atoms with Crippen LogP contribution < -0.4 is 16.0 Å². The first-order valence-electron chi connectivity index (χ1n) is 5.94. The fourth-order valence-electron chi connectivity index (χ4n) is 1.61. The van der Waals surface area contributed by atoms with E-state index in [4.69, 9.17) is 0 Å². The van der Waals surface area contributed by atoms with Crippen molar-refractivity contribution in [3.8, 4) is 0 Å². The second-order valence-corrected chi connectivity index (χ2v) is 5.71. The molecule has 1 aliphatic heterocycles. The summed E-state index contributed by atoms with van der Waals surface area (Å²) in [7, 11) is 0. The number of guanidine groups is 1. The number of hydrogen-bond donors (Lipinski definition) is 3. The van der Waals surface area contributed by atoms with E-state index >= 15 is 0 Å². The lowest BCUT2D eigenvalue weighted by molar-refractivity contribution is -0.115. The molecule has 5 nitrogen and oxygen atoms in total. The highest BCUT2D eigenvalue weighted by Crippen LogP contribution is 2.34. The summed E-state index contributed by atoms with van der Waals surface area (Å²) in [6, 6.07) is 3.71. The Labute approximate surface area is 128 Å². The van der Waals surface area contributed by atoms with Crippen molar-refractivity contribution in [3.05, 3.63) is 21.1 Å². The second-order valence-electron chi connectivity index (χ2n) is 4.00. The van der Waals surface area contributed by atoms with Gasteiger partial charge in [-0.1, -0.05) is 6.92 Å². The van der Waals surface area contributed by atoms with E-state index in [1.807, 2.05) is 19.1 Å². The Bertz CT molecular complexity index is 507. The van der Waals surface area contributed by atoms with Crippen LogP contribution >= 0.6 is 31.9 Å². The van der Waals surface area contributed by atoms with E-state index in [1.165, 1.54) is 0 Å². The number of aliphatic imine (C=N–C) groups is 1. The minimum absolute atomic E-state index is 0.0126. The molecule has 1 heterocycles. The molecule has 0 fully saturated rings. The fraction of sp³-hybridized carbons (Fsp3) is 0.333. The SMILES string of the molecule is CCC(=O)Nc1cc(Br)c(NC2=NCCN2)c(Br)c1. The highest BCUT2D eigenvalue weighted by Gasteiger charge is 2.12. The van der Waals surface area contributed by atoms with Gasteiger partial charge in [-0.15, -0.1) is 0 Å². The quantitative estimate of drug-likeness (QED) is 0.744. The molecule has 3 N–H and O–H groups in total. The lowest BCUT2D eigenvalue weighted by Crippen LogP contribution is -2.26. The zero-order valence-corrected chi connectivity index (χ0v) is 13.6. The van der Waals surface area contributed by atoms with E-state index in [2.05, 4.69) is 52.8 Å². The molecule has 1 aromatic rings. The van der Waals surface area contributed by atoms with Crippen LogP contribution in [-0.4, -0.2) is 25.0 Å². The molecule has 0 radical (unpaired) electrons. The van der Waals surface area contributed by atoms with Gasteiger partial charge in [0.2, 0.25) is 5.91 Å². The van der Waals surface area contributed by atoms with Gasteiger partial charge in [0.1, 0.15) is 0 Å². The molecule has 2 rings (SSSR count). The van der Waals surface area contributed by atoms with Crippen LogP contribution in [0, 0.1) is 0 Å². The Hall–Kier alpha value is -1.08. The van der Waals surface area contributed by atoms with Crippen LogP contribution in [0.25, 0.3) is 0 Å². The van der Waals surface area contributed by atoms with Crippen LogP contribution in [-0.2, 0) is 4.79 Å². The number of carbonyl (C=O) groups is 1. The number of nitrogens with one attached hydrogen (secondary N) is 3. The molecule has 1 amide bonds. The maximum Gasteiger partial charge on any atom is 0.224 e. The molecule has 0 unspecified atom stereocenters. The fourth-order valence-corrected chi connectivity index (χ4v) is 3.00. The Morgan fingerprint density at radius 2 is 2.11 bits per heavy atom. The second kappa shape index (κ2) is 6.38. The summed E-state index contributed by atoms with van der Waals surface area (Å²) in [5.74, 6) is 0.744. The molecule has 0 saturated heterocycles. The van der Waals surface area contributed by atoms with Crippen LogP contribution in [0.1, 0.15) is 13.3 Å². The maximum atomic E-state index is 11.4. The molecule has 1 aromatic carbocycles. The molecule has 102 valence electrons. The summed E-state index contributed by atoms with van der Waals surface area (Å²) in [5, 5.41) is 9.17. The summed E-state index contributed by atoms with van der Waals surface area (Å²) >= 11 is 6.98. The summed E-state index contributed by atoms with van der Waals surface area (Å²) in [4.78, 5) is 15.7. The van der Waals surface area contributed by atoms with Gasteiger partial charge in [0.25, 0.3) is 0 Å². The standard InChI is InChI=1S/C12H14Br2N4O/c1-2-10(19)17-7-5-8(13)11(9(14)6-7)18-12-15-3-4-16-12/h5-6H,2-4H2,1H3,(H,17,19)(H2,15,16,18). The number of benzene rings is 1. The predicted octanol–water partition coefficient (Wildman–Crippen LogP) is 2.93. The topological polar surface area (TPSA) is 65.5 Å². The lowest BCUT2D eigenvalue weighted by atomic mass is 10.2. The Morgan fingerprint density at radius 1 is 1.42 bits per heavy atom. The predicted molar refractivity (Wildman–Crippen MR) is 84.7 cm³/mol. The molecule has 0 aliphatic carbocycles. The number of rotatable bonds is 3. The van der Waals surface area contributed by atoms with Gasteiger partial charge in [-0.2, -0.15) is 0 Å². The van der Waals surface area contributed by atoms with Crippen LogP contribution in [0.15, 0.2) is 26.1 Å². The summed E-state index contributed by atoms with van der Waals surface area (Å²) < 4.78 is 1.70. The largest absolute Gasteiger partial charge is 0.354 e. The Kier molecular flexibility index (Phi) is 4.81. The Morgan fingerprint density at radius 3 is 2.63 bits per heavy atom. The van der Waals surface area contributed by atoms with Crippen molar-refractivity contribution in [2.75, 3.05) is 23.7 Å². The van der Waals surface area contributed by atoms with E-state index in [-0.39, 0.29) is 5.91 Å². The third-order valence-corrected chi connectivity index (χ3v) is 3.82. The van der Waals surface area contributed by atoms with Gasteiger partial charge in [0.05, 0.1) is 12.2 Å². The first-order valence-corrected chi connectivity index (χ1v) is 7.53. The van der Waals surface area contributed by atoms with Crippen molar-refractivity contribution in [2.24, 2.45) is 4.99 Å². The van der Waals surface area contributed by atoms with E-state index in [9.17, 15) is 4.79 Å². The van der Waals surface area contributed by atoms with Crippen molar-refractivity contribution >= 4 is 55.1 Å². The van der Waals surface area contributed by atoms with Gasteiger partial charge in [0, 0.05) is 27.6 Å². The number of hydrogen-bond acceptors (Lipinski definition) is 4. The maximum absolute atomic E-state index is 11.4. The monoisotopic (exact) mass is 388 g/mol. The average molecular weight is 390 g/mol. The number of halogens is 2. The minimum atomic E-state index is -0.0126. The summed E-state index contributed by atoms with van der Waals surface area (Å²) in [6.07, 6.45) is 0.454. The van der Waals surface area contributed by atoms with E-state index < -0.39 is 0 Å². The van der Waals surface area contributed by atoms with Crippen molar-refractivity contribution in [1.29, 1.82) is 0 Å². The van der Waals surface area contributed by atoms with E-state index in [0.717, 1.165) is 39.4 Å². The van der Waals surface area contributed by atoms with Crippen molar-refractivity contribution in [1.82, 2.24) is 5.32 Å². The molecule has 0 aromatic heterocycles. The average Bonchev–Trinajstić information content (AvgIpc) is 2.86. The smallest absolute Gasteiger partial charge is 0.224 e. The molecule has 0 saturated carbocycles. The van der Waals surface area contributed by atoms with Crippen LogP contribution in [0.4, 0.5) is 11.4 Å². The van der Waals surface area contributed by atoms with Crippen molar-refractivity contribution < 1.29 is 4.79 Å². The highest BCUT2D eigenvalue weighted by atomic mass is 79.9. The lowest BCUT2D eigenvalue weighted by Gasteiger charge is -2.13. The zero-order valence-electron chi connectivity index (χ0n) is 10.4. The van der Waals surface area contributed by atoms with Gasteiger partial charge in [0.15, 0.2) is 5.96 Å². The zero-order chi connectivity index (χ0) is 13.8. The van der Waals surface area contributed by atoms with Gasteiger partial charge in [-0.05, 0) is 44.0 Å². The van der Waals surface area contributed by atoms with Gasteiger partial charge >= 0.3 is 0 Å². The third-order valence-electron chi connectivity index (χ3n) is 2.56. The van der Waals surface area contributed by atoms with Crippen molar-refractivity contribution in [2.45, 2.75) is 13.3 Å². The molecule has 0 spiro atoms. The Balaban J connectivity index is 2.19. The number of amides is 1. The number of carbonyl (C=O) groups excluding carboxylic acids is 1. The molecule has 1 aliphatic rings. The number of nitrogens with zero attached hydrogens (tertiary/aromatic N) is 1. The summed E-state index contributed by atoms with van der Waals surface area (Å²) in [5.41, 5.74) is 1.63. The van der Waals surface area contributed by atoms with Crippen molar-refractivity contribution in [3.63, 3.8) is 0 Å². The first-order chi connectivity index (χ1) is 9.10. The van der Waals surface area contributed by atoms with E-state index in [1.54, 1.807) is 0 Å². The first kappa shape index (κ1) is 14.3.